The van der Waals surface area contributed by atoms with Crippen LogP contribution in [0.3, 0.4) is 0 Å². The Morgan fingerprint density at radius 3 is 2.24 bits per heavy atom. The number of aliphatic hydroxyl groups excluding tert-OH is 2. The molecule has 428 valence electrons. The van der Waals surface area contributed by atoms with E-state index in [2.05, 4.69) is 15.0 Å². The third kappa shape index (κ3) is 14.1. The molecule has 3 aliphatic heterocycles. The van der Waals surface area contributed by atoms with Crippen molar-refractivity contribution in [2.24, 2.45) is 17.8 Å². The maximum absolute atomic E-state index is 14.6. The number of carbonyl (C=O) groups excluding carboxylic acids is 3. The van der Waals surface area contributed by atoms with Gasteiger partial charge in [0.25, 0.3) is 5.56 Å². The van der Waals surface area contributed by atoms with Gasteiger partial charge in [-0.15, -0.1) is 0 Å². The molecule has 0 radical (unpaired) electrons. The number of rotatable bonds is 14. The van der Waals surface area contributed by atoms with Gasteiger partial charge in [0.05, 0.1) is 65.8 Å². The molecule has 21 heteroatoms. The summed E-state index contributed by atoms with van der Waals surface area (Å²) < 4.78 is 46.8. The normalized spacial score (nSPS) is 37.4. The quantitative estimate of drug-likeness (QED) is 0.143. The summed E-state index contributed by atoms with van der Waals surface area (Å²) in [7, 11) is 7.04. The van der Waals surface area contributed by atoms with Crippen LogP contribution in [0.1, 0.15) is 125 Å². The van der Waals surface area contributed by atoms with Gasteiger partial charge in [-0.2, -0.15) is 0 Å². The fourth-order valence-corrected chi connectivity index (χ4v) is 11.4. The maximum atomic E-state index is 14.6. The lowest BCUT2D eigenvalue weighted by atomic mass is 9.77. The Bertz CT molecular complexity index is 2450. The summed E-state index contributed by atoms with van der Waals surface area (Å²) in [5.41, 5.74) is -3.56. The number of Topliss-reactive ketones (excluding diaryl/α,β-unsaturated/α-hetero) is 1. The number of imidazole rings is 1. The van der Waals surface area contributed by atoms with Crippen LogP contribution in [0.25, 0.3) is 11.2 Å². The number of hydrogen-bond acceptors (Lipinski definition) is 19. The molecule has 18 atom stereocenters. The lowest BCUT2D eigenvalue weighted by molar-refractivity contribution is -0.317. The number of nitrogens with zero attached hydrogens (tertiary/aromatic N) is 5. The Morgan fingerprint density at radius 1 is 0.934 bits per heavy atom. The van der Waals surface area contributed by atoms with E-state index in [9.17, 15) is 39.6 Å². The number of cyclic esters (lactones) is 1. The minimum Gasteiger partial charge on any atom is -0.459 e. The van der Waals surface area contributed by atoms with Crippen LogP contribution in [-0.2, 0) is 55.7 Å². The molecule has 21 nitrogen and oxygen atoms in total. The molecule has 3 aromatic rings. The predicted octanol–water partition coefficient (Wildman–Crippen LogP) is 4.04. The van der Waals surface area contributed by atoms with Crippen molar-refractivity contribution in [3.8, 4) is 0 Å². The molecular weight excluding hydrogens is 985 g/mol. The summed E-state index contributed by atoms with van der Waals surface area (Å²) in [6.07, 6.45) is -6.47. The van der Waals surface area contributed by atoms with E-state index in [4.69, 9.17) is 33.2 Å². The van der Waals surface area contributed by atoms with Crippen LogP contribution in [0.15, 0.2) is 41.7 Å². The summed E-state index contributed by atoms with van der Waals surface area (Å²) in [5.74, 6) is -3.73. The summed E-state index contributed by atoms with van der Waals surface area (Å²) >= 11 is 0. The zero-order valence-corrected chi connectivity index (χ0v) is 46.3. The highest BCUT2D eigenvalue weighted by atomic mass is 16.7. The average molecular weight is 1070 g/mol. The molecule has 76 heavy (non-hydrogen) atoms. The number of aliphatic hydroxyl groups is 4. The minimum atomic E-state index is -1.87. The van der Waals surface area contributed by atoms with Crippen molar-refractivity contribution in [3.05, 3.63) is 58.4 Å². The second-order valence-electron chi connectivity index (χ2n) is 22.5. The number of aryl methyl sites for hydroxylation is 1. The fourth-order valence-electron chi connectivity index (χ4n) is 11.4. The van der Waals surface area contributed by atoms with Crippen molar-refractivity contribution in [1.29, 1.82) is 0 Å². The van der Waals surface area contributed by atoms with Crippen LogP contribution in [0.5, 0.6) is 0 Å². The Labute approximate surface area is 447 Å². The standard InChI is InChI=1S/C54H84N6O15.CH4/c1-15-39-54(10,68)44(62)33(6)59(13)26-29(2)24-52(8,67)46(31(4)42(32(5)49(65)72-39)73-40-25-53(9,69-14)45(63)34(7)71-40)75-51-43(38(58(11)12)22-30(3)70-51)74-50(66)36-18-16-35(17-19-36)23-37(61)20-21-60-28-57-41-47(60)55-27-56-48(41)64;/h16-19,27-34,38-40,42-46,51,62-63,67-68H,15,20-26H2,1-14H3,(H,55,56,64);1H4/t29-,30-,31+,32-,33-,34+,38?,39-,40+,42+,43-,44-,45+,46-,51+,52-,53-,54-;/m1./s1. The lowest BCUT2D eigenvalue weighted by Gasteiger charge is -2.49. The van der Waals surface area contributed by atoms with Crippen molar-refractivity contribution in [3.63, 3.8) is 0 Å². The molecule has 2 aromatic heterocycles. The van der Waals surface area contributed by atoms with Gasteiger partial charge in [-0.3, -0.25) is 14.4 Å². The number of aromatic amines is 1. The van der Waals surface area contributed by atoms with Crippen LogP contribution in [0.4, 0.5) is 0 Å². The SMILES string of the molecule is C.CC[C@H]1OC(=O)[C@H](C)[C@@H](O[C@H]2C[C@@](C)(OC)[C@@H](O)[C@H](C)O2)[C@H](C)[C@@H](O[C@@H]2O[C@H](C)CC(N(C)C)[C@H]2OC(=O)c2ccc(CC(=O)CCn3cnc4c(=O)[nH]cnc43)cc2)[C@](C)(O)C[C@@H](C)CN(C)[C@H](C)[C@@H](O)[C@]1(C)O. The first-order valence-electron chi connectivity index (χ1n) is 26.4. The van der Waals surface area contributed by atoms with Crippen LogP contribution in [0, 0.1) is 17.8 Å². The highest BCUT2D eigenvalue weighted by Crippen LogP contribution is 2.41. The number of carbonyl (C=O) groups is 3. The highest BCUT2D eigenvalue weighted by molar-refractivity contribution is 5.90. The molecule has 0 bridgehead atoms. The number of esters is 2. The van der Waals surface area contributed by atoms with Crippen molar-refractivity contribution < 1.29 is 68.0 Å². The molecule has 1 aromatic carbocycles. The number of fused-ring (bicyclic) bond motifs is 1. The van der Waals surface area contributed by atoms with E-state index < -0.39 is 114 Å². The second kappa shape index (κ2) is 25.7. The van der Waals surface area contributed by atoms with E-state index in [1.54, 1.807) is 77.3 Å². The smallest absolute Gasteiger partial charge is 0.338 e. The number of H-pyrrole nitrogens is 1. The molecule has 5 N–H and O–H groups in total. The molecule has 3 aliphatic rings. The zero-order chi connectivity index (χ0) is 55.5. The molecule has 3 saturated heterocycles. The van der Waals surface area contributed by atoms with Gasteiger partial charge in [-0.1, -0.05) is 40.3 Å². The molecule has 5 heterocycles. The summed E-state index contributed by atoms with van der Waals surface area (Å²) in [4.78, 5) is 68.7. The number of ether oxygens (including phenoxy) is 7. The zero-order valence-electron chi connectivity index (χ0n) is 46.3. The first-order valence-corrected chi connectivity index (χ1v) is 26.4. The largest absolute Gasteiger partial charge is 0.459 e. The summed E-state index contributed by atoms with van der Waals surface area (Å²) in [6, 6.07) is 5.53. The van der Waals surface area contributed by atoms with Crippen LogP contribution in [0.2, 0.25) is 0 Å². The van der Waals surface area contributed by atoms with Gasteiger partial charge in [0.1, 0.15) is 29.7 Å². The Morgan fingerprint density at radius 2 is 1.61 bits per heavy atom. The van der Waals surface area contributed by atoms with Crippen LogP contribution < -0.4 is 5.56 Å². The van der Waals surface area contributed by atoms with Gasteiger partial charge in [0.15, 0.2) is 29.8 Å². The van der Waals surface area contributed by atoms with Gasteiger partial charge in [0, 0.05) is 51.4 Å². The van der Waals surface area contributed by atoms with Crippen LogP contribution >= 0.6 is 0 Å². The molecule has 3 fully saturated rings. The third-order valence-electron chi connectivity index (χ3n) is 16.1. The fraction of sp³-hybridized carbons (Fsp3) is 0.745. The predicted molar refractivity (Wildman–Crippen MR) is 282 cm³/mol. The summed E-state index contributed by atoms with van der Waals surface area (Å²) in [6.45, 7) is 18.0. The van der Waals surface area contributed by atoms with E-state index in [1.807, 2.05) is 44.8 Å². The topological polar surface area (TPSA) is 267 Å². The van der Waals surface area contributed by atoms with Gasteiger partial charge in [-0.05, 0) is 112 Å². The Kier molecular flexibility index (Phi) is 21.1. The number of hydrogen-bond donors (Lipinski definition) is 5. The monoisotopic (exact) mass is 1070 g/mol. The maximum Gasteiger partial charge on any atom is 0.338 e. The molecule has 6 rings (SSSR count). The molecule has 0 aliphatic carbocycles. The van der Waals surface area contributed by atoms with Gasteiger partial charge < -0.3 is 72.9 Å². The molecule has 0 saturated carbocycles. The molecule has 0 amide bonds. The lowest BCUT2D eigenvalue weighted by Crippen LogP contribution is -2.61. The van der Waals surface area contributed by atoms with Gasteiger partial charge in [0.2, 0.25) is 0 Å². The number of nitrogens with one attached hydrogen (secondary N) is 1. The van der Waals surface area contributed by atoms with Gasteiger partial charge >= 0.3 is 11.9 Å². The number of methoxy groups -OCH3 is 1. The number of benzene rings is 1. The van der Waals surface area contributed by atoms with Crippen LogP contribution in [-0.4, -0.2) is 193 Å². The van der Waals surface area contributed by atoms with E-state index in [0.717, 1.165) is 0 Å². The highest BCUT2D eigenvalue weighted by Gasteiger charge is 2.53. The average Bonchev–Trinajstić information content (AvgIpc) is 3.78. The van der Waals surface area contributed by atoms with Gasteiger partial charge in [-0.25, -0.2) is 14.8 Å². The summed E-state index contributed by atoms with van der Waals surface area (Å²) in [5, 5.41) is 47.8. The number of aromatic nitrogens is 4. The van der Waals surface area contributed by atoms with Crippen molar-refractivity contribution in [2.75, 3.05) is 34.8 Å². The Balaban J connectivity index is 0.0000107. The van der Waals surface area contributed by atoms with Crippen molar-refractivity contribution >= 4 is 28.9 Å². The minimum absolute atomic E-state index is 0. The number of ketones is 1. The second-order valence-corrected chi connectivity index (χ2v) is 22.5. The van der Waals surface area contributed by atoms with Crippen molar-refractivity contribution in [2.45, 2.75) is 212 Å². The number of likely N-dealkylation sites (N-methyl/N-ethyl adjacent to an activating group) is 2. The molecule has 0 spiro atoms. The van der Waals surface area contributed by atoms with Crippen molar-refractivity contribution in [1.82, 2.24) is 29.3 Å². The first kappa shape index (κ1) is 62.6. The Hall–Kier alpha value is -4.26. The third-order valence-corrected chi connectivity index (χ3v) is 16.1. The molecule has 1 unspecified atom stereocenters. The first-order chi connectivity index (χ1) is 35.1. The molecular formula is C55H88N6O15. The van der Waals surface area contributed by atoms with E-state index >= 15 is 0 Å². The van der Waals surface area contributed by atoms with E-state index in [-0.39, 0.29) is 74.4 Å². The van der Waals surface area contributed by atoms with E-state index in [1.165, 1.54) is 26.7 Å². The van der Waals surface area contributed by atoms with E-state index in [0.29, 0.717) is 24.2 Å².